The van der Waals surface area contributed by atoms with Crippen LogP contribution in [0.25, 0.3) is 0 Å². The molecule has 2 nitrogen and oxygen atoms in total. The van der Waals surface area contributed by atoms with Crippen LogP contribution in [-0.2, 0) is 5.54 Å². The molecule has 85 valence electrons. The van der Waals surface area contributed by atoms with E-state index < -0.39 is 11.7 Å². The van der Waals surface area contributed by atoms with Gasteiger partial charge in [0.05, 0.1) is 0 Å². The molecule has 1 aliphatic heterocycles. The molecule has 2 rings (SSSR count). The number of benzene rings is 1. The van der Waals surface area contributed by atoms with Gasteiger partial charge in [-0.25, -0.2) is 5.43 Å². The summed E-state index contributed by atoms with van der Waals surface area (Å²) in [4.78, 5) is 0. The lowest BCUT2D eigenvalue weighted by atomic mass is 9.90. The normalized spacial score (nSPS) is 24.5. The smallest absolute Gasteiger partial charge is 0.209 e. The molecule has 5 heteroatoms. The van der Waals surface area contributed by atoms with Gasteiger partial charge >= 0.3 is 6.18 Å². The van der Waals surface area contributed by atoms with Crippen LogP contribution in [0, 0.1) is 6.92 Å². The molecule has 16 heavy (non-hydrogen) atoms. The SMILES string of the molecule is Cc1ccc(C2(C(F)(F)F)C=C[N]N2)cc1. The molecule has 0 bridgehead atoms. The van der Waals surface area contributed by atoms with E-state index in [1.165, 1.54) is 12.1 Å². The van der Waals surface area contributed by atoms with Crippen LogP contribution >= 0.6 is 0 Å². The van der Waals surface area contributed by atoms with Crippen LogP contribution < -0.4 is 10.9 Å². The summed E-state index contributed by atoms with van der Waals surface area (Å²) in [6.07, 6.45) is -2.26. The van der Waals surface area contributed by atoms with Crippen LogP contribution in [0.3, 0.4) is 0 Å². The summed E-state index contributed by atoms with van der Waals surface area (Å²) in [5.41, 5.74) is 4.46. The van der Waals surface area contributed by atoms with E-state index in [1.807, 2.05) is 6.92 Å². The third-order valence-corrected chi connectivity index (χ3v) is 2.59. The maximum atomic E-state index is 13.0. The predicted molar refractivity (Wildman–Crippen MR) is 53.3 cm³/mol. The van der Waals surface area contributed by atoms with Crippen LogP contribution in [0.5, 0.6) is 0 Å². The van der Waals surface area contributed by atoms with Gasteiger partial charge in [0.15, 0.2) is 5.54 Å². The molecule has 1 N–H and O–H groups in total. The van der Waals surface area contributed by atoms with Gasteiger partial charge in [-0.15, -0.1) is 0 Å². The van der Waals surface area contributed by atoms with E-state index in [-0.39, 0.29) is 5.56 Å². The number of hydrogen-bond donors (Lipinski definition) is 1. The lowest BCUT2D eigenvalue weighted by Gasteiger charge is -2.29. The Bertz CT molecular complexity index is 408. The summed E-state index contributed by atoms with van der Waals surface area (Å²) >= 11 is 0. The first kappa shape index (κ1) is 11.0. The average molecular weight is 227 g/mol. The Morgan fingerprint density at radius 1 is 1.19 bits per heavy atom. The highest BCUT2D eigenvalue weighted by molar-refractivity contribution is 5.35. The highest BCUT2D eigenvalue weighted by Crippen LogP contribution is 2.41. The monoisotopic (exact) mass is 227 g/mol. The fourth-order valence-electron chi connectivity index (χ4n) is 1.62. The summed E-state index contributed by atoms with van der Waals surface area (Å²) in [5, 5.41) is 0. The van der Waals surface area contributed by atoms with Gasteiger partial charge in [-0.05, 0) is 18.6 Å². The summed E-state index contributed by atoms with van der Waals surface area (Å²) in [6, 6.07) is 6.22. The third-order valence-electron chi connectivity index (χ3n) is 2.59. The van der Waals surface area contributed by atoms with Crippen LogP contribution in [0.15, 0.2) is 36.5 Å². The Morgan fingerprint density at radius 2 is 1.81 bits per heavy atom. The van der Waals surface area contributed by atoms with Gasteiger partial charge in [0.2, 0.25) is 0 Å². The molecule has 0 saturated carbocycles. The molecule has 1 aromatic rings. The van der Waals surface area contributed by atoms with Crippen molar-refractivity contribution in [3.63, 3.8) is 0 Å². The zero-order valence-corrected chi connectivity index (χ0v) is 8.55. The molecule has 1 unspecified atom stereocenters. The minimum atomic E-state index is -4.42. The molecule has 0 aliphatic carbocycles. The number of aryl methyl sites for hydroxylation is 1. The van der Waals surface area contributed by atoms with Crippen molar-refractivity contribution in [1.29, 1.82) is 0 Å². The molecule has 0 amide bonds. The van der Waals surface area contributed by atoms with Crippen LogP contribution in [-0.4, -0.2) is 6.18 Å². The van der Waals surface area contributed by atoms with Gasteiger partial charge in [0.1, 0.15) is 0 Å². The minimum Gasteiger partial charge on any atom is -0.209 e. The fraction of sp³-hybridized carbons (Fsp3) is 0.273. The van der Waals surface area contributed by atoms with E-state index in [4.69, 9.17) is 0 Å². The van der Waals surface area contributed by atoms with Gasteiger partial charge in [-0.3, -0.25) is 0 Å². The minimum absolute atomic E-state index is 0.142. The van der Waals surface area contributed by atoms with Crippen LogP contribution in [0.1, 0.15) is 11.1 Å². The summed E-state index contributed by atoms with van der Waals surface area (Å²) in [6.45, 7) is 1.83. The second-order valence-corrected chi connectivity index (χ2v) is 3.73. The fourth-order valence-corrected chi connectivity index (χ4v) is 1.62. The molecule has 0 spiro atoms. The number of halogens is 3. The van der Waals surface area contributed by atoms with Crippen LogP contribution in [0.2, 0.25) is 0 Å². The van der Waals surface area contributed by atoms with E-state index in [9.17, 15) is 13.2 Å². The van der Waals surface area contributed by atoms with E-state index >= 15 is 0 Å². The molecule has 1 atom stereocenters. The van der Waals surface area contributed by atoms with Crippen molar-refractivity contribution < 1.29 is 13.2 Å². The van der Waals surface area contributed by atoms with E-state index in [1.54, 1.807) is 12.1 Å². The maximum Gasteiger partial charge on any atom is 0.416 e. The summed E-state index contributed by atoms with van der Waals surface area (Å²) < 4.78 is 39.1. The molecule has 1 radical (unpaired) electrons. The van der Waals surface area contributed by atoms with Crippen molar-refractivity contribution in [2.24, 2.45) is 0 Å². The second kappa shape index (κ2) is 3.52. The lowest BCUT2D eigenvalue weighted by molar-refractivity contribution is -0.184. The zero-order valence-electron chi connectivity index (χ0n) is 8.55. The van der Waals surface area contributed by atoms with Gasteiger partial charge in [0, 0.05) is 6.20 Å². The van der Waals surface area contributed by atoms with Gasteiger partial charge in [-0.1, -0.05) is 29.8 Å². The highest BCUT2D eigenvalue weighted by Gasteiger charge is 2.56. The first-order valence-electron chi connectivity index (χ1n) is 4.74. The summed E-state index contributed by atoms with van der Waals surface area (Å²) in [5.74, 6) is 0. The number of alkyl halides is 3. The second-order valence-electron chi connectivity index (χ2n) is 3.73. The number of nitrogens with one attached hydrogen (secondary N) is 1. The molecular weight excluding hydrogens is 217 g/mol. The Morgan fingerprint density at radius 3 is 2.25 bits per heavy atom. The predicted octanol–water partition coefficient (Wildman–Crippen LogP) is 2.39. The Labute approximate surface area is 91.1 Å². The van der Waals surface area contributed by atoms with Crippen molar-refractivity contribution in [2.75, 3.05) is 0 Å². The van der Waals surface area contributed by atoms with E-state index in [0.29, 0.717) is 0 Å². The average Bonchev–Trinajstić information content (AvgIpc) is 2.68. The van der Waals surface area contributed by atoms with Gasteiger partial charge in [0.25, 0.3) is 0 Å². The molecule has 1 aromatic carbocycles. The first-order chi connectivity index (χ1) is 7.46. The van der Waals surface area contributed by atoms with Crippen molar-refractivity contribution in [1.82, 2.24) is 10.9 Å². The molecule has 1 heterocycles. The van der Waals surface area contributed by atoms with Gasteiger partial charge in [-0.2, -0.15) is 18.6 Å². The molecule has 0 aromatic heterocycles. The molecule has 1 aliphatic rings. The molecular formula is C11H10F3N2. The lowest BCUT2D eigenvalue weighted by Crippen LogP contribution is -2.51. The van der Waals surface area contributed by atoms with Crippen molar-refractivity contribution in [3.8, 4) is 0 Å². The standard InChI is InChI=1S/C11H10F3N2/c1-8-2-4-9(5-3-8)10(11(12,13)14)6-7-15-16-10/h2-7,16H,1H3. The Balaban J connectivity index is 2.49. The van der Waals surface area contributed by atoms with Crippen LogP contribution in [0.4, 0.5) is 13.2 Å². The zero-order chi connectivity index (χ0) is 11.8. The van der Waals surface area contributed by atoms with Crippen molar-refractivity contribution in [3.05, 3.63) is 47.7 Å². The quantitative estimate of drug-likeness (QED) is 0.783. The van der Waals surface area contributed by atoms with E-state index in [0.717, 1.165) is 17.8 Å². The van der Waals surface area contributed by atoms with Gasteiger partial charge < -0.3 is 0 Å². The maximum absolute atomic E-state index is 13.0. The number of nitrogens with zero attached hydrogens (tertiary/aromatic N) is 1. The van der Waals surface area contributed by atoms with E-state index in [2.05, 4.69) is 10.9 Å². The third kappa shape index (κ3) is 1.57. The number of rotatable bonds is 1. The largest absolute Gasteiger partial charge is 0.416 e. The van der Waals surface area contributed by atoms with Crippen molar-refractivity contribution in [2.45, 2.75) is 18.6 Å². The first-order valence-corrected chi connectivity index (χ1v) is 4.74. The Kier molecular flexibility index (Phi) is 2.42. The molecule has 0 saturated heterocycles. The van der Waals surface area contributed by atoms with Crippen molar-refractivity contribution >= 4 is 0 Å². The topological polar surface area (TPSA) is 26.1 Å². The Hall–Kier alpha value is -1.49. The number of hydrogen-bond acceptors (Lipinski definition) is 1. The molecule has 0 fully saturated rings. The summed E-state index contributed by atoms with van der Waals surface area (Å²) in [7, 11) is 0. The highest BCUT2D eigenvalue weighted by atomic mass is 19.4.